The molecule has 0 spiro atoms. The molecule has 0 fully saturated rings. The summed E-state index contributed by atoms with van der Waals surface area (Å²) in [5.41, 5.74) is 2.12. The summed E-state index contributed by atoms with van der Waals surface area (Å²) in [6.45, 7) is 4.77. The van der Waals surface area contributed by atoms with Crippen LogP contribution in [0.4, 0.5) is 0 Å². The highest BCUT2D eigenvalue weighted by Gasteiger charge is 2.18. The number of carbonyl (C=O) groups excluding carboxylic acids is 1. The molecule has 20 heavy (non-hydrogen) atoms. The van der Waals surface area contributed by atoms with Crippen molar-refractivity contribution in [2.45, 2.75) is 39.2 Å². The average Bonchev–Trinajstić information content (AvgIpc) is 2.43. The van der Waals surface area contributed by atoms with E-state index in [9.17, 15) is 9.90 Å². The lowest BCUT2D eigenvalue weighted by Crippen LogP contribution is -2.31. The molecule has 2 N–H and O–H groups in total. The van der Waals surface area contributed by atoms with E-state index in [2.05, 4.69) is 5.32 Å². The van der Waals surface area contributed by atoms with Crippen molar-refractivity contribution in [1.29, 1.82) is 0 Å². The molecule has 2 rings (SSSR count). The molecule has 1 aliphatic rings. The van der Waals surface area contributed by atoms with E-state index in [1.807, 2.05) is 32.0 Å². The van der Waals surface area contributed by atoms with Gasteiger partial charge in [0.15, 0.2) is 6.61 Å². The Balaban J connectivity index is 1.90. The second-order valence-corrected chi connectivity index (χ2v) is 5.76. The number of hydrogen-bond acceptors (Lipinski definition) is 3. The molecule has 0 radical (unpaired) electrons. The van der Waals surface area contributed by atoms with Crippen LogP contribution in [0.5, 0.6) is 5.75 Å². The van der Waals surface area contributed by atoms with Crippen molar-refractivity contribution in [3.63, 3.8) is 0 Å². The first kappa shape index (κ1) is 14.9. The number of nitrogens with one attached hydrogen (secondary N) is 1. The Labute approximate surface area is 120 Å². The highest BCUT2D eigenvalue weighted by molar-refractivity contribution is 5.77. The highest BCUT2D eigenvalue weighted by Crippen LogP contribution is 2.32. The molecule has 4 heteroatoms. The maximum absolute atomic E-state index is 11.6. The molecule has 0 aliphatic heterocycles. The van der Waals surface area contributed by atoms with Crippen LogP contribution in [-0.4, -0.2) is 24.2 Å². The summed E-state index contributed by atoms with van der Waals surface area (Å²) in [5.74, 6) is 0.958. The number of amides is 1. The van der Waals surface area contributed by atoms with Gasteiger partial charge < -0.3 is 15.2 Å². The predicted molar refractivity (Wildman–Crippen MR) is 77.7 cm³/mol. The van der Waals surface area contributed by atoms with E-state index in [4.69, 9.17) is 4.74 Å². The summed E-state index contributed by atoms with van der Waals surface area (Å²) in [7, 11) is 0. The van der Waals surface area contributed by atoms with Crippen LogP contribution in [0.1, 0.15) is 43.9 Å². The fourth-order valence-electron chi connectivity index (χ4n) is 2.36. The zero-order valence-electron chi connectivity index (χ0n) is 12.2. The van der Waals surface area contributed by atoms with E-state index in [1.165, 1.54) is 5.56 Å². The fourth-order valence-corrected chi connectivity index (χ4v) is 2.36. The number of aliphatic hydroxyl groups is 1. The molecule has 1 amide bonds. The predicted octanol–water partition coefficient (Wildman–Crippen LogP) is 2.21. The molecule has 1 atom stereocenters. The Morgan fingerprint density at radius 1 is 1.50 bits per heavy atom. The molecule has 0 bridgehead atoms. The van der Waals surface area contributed by atoms with Gasteiger partial charge in [0.1, 0.15) is 5.75 Å². The Bertz CT molecular complexity index is 471. The van der Waals surface area contributed by atoms with Gasteiger partial charge in [0.2, 0.25) is 0 Å². The number of rotatable bonds is 5. The zero-order chi connectivity index (χ0) is 14.5. The first-order valence-corrected chi connectivity index (χ1v) is 7.26. The van der Waals surface area contributed by atoms with Crippen LogP contribution in [0.15, 0.2) is 18.2 Å². The molecule has 0 aromatic heterocycles. The van der Waals surface area contributed by atoms with Crippen LogP contribution in [-0.2, 0) is 11.2 Å². The van der Waals surface area contributed by atoms with E-state index in [-0.39, 0.29) is 12.5 Å². The van der Waals surface area contributed by atoms with Gasteiger partial charge in [-0.25, -0.2) is 0 Å². The van der Waals surface area contributed by atoms with Crippen molar-refractivity contribution in [3.05, 3.63) is 29.3 Å². The van der Waals surface area contributed by atoms with Crippen molar-refractivity contribution in [1.82, 2.24) is 5.32 Å². The first-order chi connectivity index (χ1) is 9.56. The maximum Gasteiger partial charge on any atom is 0.257 e. The van der Waals surface area contributed by atoms with Crippen molar-refractivity contribution in [3.8, 4) is 5.75 Å². The Morgan fingerprint density at radius 3 is 3.05 bits per heavy atom. The van der Waals surface area contributed by atoms with Crippen LogP contribution >= 0.6 is 0 Å². The van der Waals surface area contributed by atoms with Gasteiger partial charge in [-0.2, -0.15) is 0 Å². The van der Waals surface area contributed by atoms with Crippen molar-refractivity contribution in [2.24, 2.45) is 5.92 Å². The van der Waals surface area contributed by atoms with E-state index in [0.717, 1.165) is 24.8 Å². The molecule has 1 aliphatic carbocycles. The number of aliphatic hydroxyl groups excluding tert-OH is 1. The summed E-state index contributed by atoms with van der Waals surface area (Å²) in [6, 6.07) is 5.71. The third kappa shape index (κ3) is 3.97. The second kappa shape index (κ2) is 6.75. The number of hydrogen-bond donors (Lipinski definition) is 2. The number of aryl methyl sites for hydroxylation is 1. The minimum atomic E-state index is -0.405. The molecule has 0 saturated carbocycles. The summed E-state index contributed by atoms with van der Waals surface area (Å²) < 4.78 is 5.49. The van der Waals surface area contributed by atoms with Gasteiger partial charge in [-0.1, -0.05) is 19.9 Å². The smallest absolute Gasteiger partial charge is 0.257 e. The summed E-state index contributed by atoms with van der Waals surface area (Å²) >= 11 is 0. The minimum Gasteiger partial charge on any atom is -0.484 e. The van der Waals surface area contributed by atoms with Gasteiger partial charge in [0.05, 0.1) is 6.10 Å². The van der Waals surface area contributed by atoms with Gasteiger partial charge in [-0.05, 0) is 48.4 Å². The van der Waals surface area contributed by atoms with Gasteiger partial charge in [0.25, 0.3) is 5.91 Å². The lowest BCUT2D eigenvalue weighted by Gasteiger charge is -2.21. The molecular weight excluding hydrogens is 254 g/mol. The molecular formula is C16H23NO3. The molecule has 1 unspecified atom stereocenters. The molecule has 1 aromatic rings. The minimum absolute atomic E-state index is 0.0155. The monoisotopic (exact) mass is 277 g/mol. The van der Waals surface area contributed by atoms with Crippen LogP contribution in [0, 0.1) is 5.92 Å². The van der Waals surface area contributed by atoms with E-state index in [1.54, 1.807) is 0 Å². The van der Waals surface area contributed by atoms with Gasteiger partial charge >= 0.3 is 0 Å². The third-order valence-corrected chi connectivity index (χ3v) is 3.48. The summed E-state index contributed by atoms with van der Waals surface area (Å²) in [4.78, 5) is 11.6. The largest absolute Gasteiger partial charge is 0.484 e. The number of ether oxygens (including phenoxy) is 1. The van der Waals surface area contributed by atoms with E-state index in [0.29, 0.717) is 18.2 Å². The molecule has 1 aromatic carbocycles. The highest BCUT2D eigenvalue weighted by atomic mass is 16.5. The quantitative estimate of drug-likeness (QED) is 0.867. The standard InChI is InChI=1S/C16H23NO3/c1-11(2)9-17-16(19)10-20-13-7-6-12-4-3-5-15(18)14(12)8-13/h6-8,11,15,18H,3-5,9-10H2,1-2H3,(H,17,19). The van der Waals surface area contributed by atoms with Gasteiger partial charge in [0, 0.05) is 6.54 Å². The van der Waals surface area contributed by atoms with Gasteiger partial charge in [-0.3, -0.25) is 4.79 Å². The van der Waals surface area contributed by atoms with Crippen LogP contribution in [0.25, 0.3) is 0 Å². The SMILES string of the molecule is CC(C)CNC(=O)COc1ccc2c(c1)C(O)CCC2. The fraction of sp³-hybridized carbons (Fsp3) is 0.562. The molecule has 0 saturated heterocycles. The topological polar surface area (TPSA) is 58.6 Å². The Kier molecular flexibility index (Phi) is 5.01. The van der Waals surface area contributed by atoms with E-state index < -0.39 is 6.10 Å². The first-order valence-electron chi connectivity index (χ1n) is 7.26. The van der Waals surface area contributed by atoms with Crippen molar-refractivity contribution >= 4 is 5.91 Å². The number of benzene rings is 1. The lowest BCUT2D eigenvalue weighted by atomic mass is 9.89. The zero-order valence-corrected chi connectivity index (χ0v) is 12.2. The summed E-state index contributed by atoms with van der Waals surface area (Å²) in [5, 5.41) is 12.8. The van der Waals surface area contributed by atoms with E-state index >= 15 is 0 Å². The van der Waals surface area contributed by atoms with Crippen LogP contribution in [0.2, 0.25) is 0 Å². The summed E-state index contributed by atoms with van der Waals surface area (Å²) in [6.07, 6.45) is 2.41. The Hall–Kier alpha value is -1.55. The van der Waals surface area contributed by atoms with Crippen LogP contribution in [0.3, 0.4) is 0 Å². The van der Waals surface area contributed by atoms with Crippen LogP contribution < -0.4 is 10.1 Å². The molecule has 110 valence electrons. The number of carbonyl (C=O) groups is 1. The van der Waals surface area contributed by atoms with Crippen molar-refractivity contribution < 1.29 is 14.6 Å². The second-order valence-electron chi connectivity index (χ2n) is 5.76. The normalized spacial score (nSPS) is 17.7. The van der Waals surface area contributed by atoms with Crippen molar-refractivity contribution in [2.75, 3.05) is 13.2 Å². The lowest BCUT2D eigenvalue weighted by molar-refractivity contribution is -0.123. The maximum atomic E-state index is 11.6. The average molecular weight is 277 g/mol. The molecule has 4 nitrogen and oxygen atoms in total. The third-order valence-electron chi connectivity index (χ3n) is 3.48. The van der Waals surface area contributed by atoms with Gasteiger partial charge in [-0.15, -0.1) is 0 Å². The molecule has 0 heterocycles. The number of fused-ring (bicyclic) bond motifs is 1. The Morgan fingerprint density at radius 2 is 2.30 bits per heavy atom.